The number of carbonyl (C=O) groups excluding carboxylic acids is 1. The van der Waals surface area contributed by atoms with Crippen LogP contribution in [0.3, 0.4) is 0 Å². The summed E-state index contributed by atoms with van der Waals surface area (Å²) in [5.41, 5.74) is 0.989. The van der Waals surface area contributed by atoms with Crippen LogP contribution in [0.2, 0.25) is 0 Å². The highest BCUT2D eigenvalue weighted by Gasteiger charge is 2.14. The van der Waals surface area contributed by atoms with Crippen molar-refractivity contribution in [2.45, 2.75) is 38.1 Å². The molecule has 0 aliphatic rings. The molecule has 1 aromatic heterocycles. The Bertz CT molecular complexity index is 701. The molecular weight excluding hydrogens is 348 g/mol. The molecule has 0 spiro atoms. The number of thioether (sulfide) groups is 1. The maximum Gasteiger partial charge on any atom is 0.230 e. The minimum atomic E-state index is -0.0195. The van der Waals surface area contributed by atoms with Gasteiger partial charge in [-0.3, -0.25) is 9.36 Å². The summed E-state index contributed by atoms with van der Waals surface area (Å²) in [5, 5.41) is 12.1. The molecule has 0 aliphatic heterocycles. The normalized spacial score (nSPS) is 10.9. The van der Waals surface area contributed by atoms with Gasteiger partial charge in [-0.1, -0.05) is 48.2 Å². The van der Waals surface area contributed by atoms with Crippen LogP contribution in [0, 0.1) is 0 Å². The van der Waals surface area contributed by atoms with Gasteiger partial charge in [0.25, 0.3) is 0 Å². The first kappa shape index (κ1) is 20.2. The van der Waals surface area contributed by atoms with Crippen LogP contribution in [0.1, 0.15) is 20.3 Å². The molecule has 1 heterocycles. The number of hydrogen-bond acceptors (Lipinski definition) is 5. The number of aromatic nitrogens is 3. The number of hydrogen-bond donors (Lipinski definition) is 1. The minimum Gasteiger partial charge on any atom is -0.379 e. The molecule has 0 saturated carbocycles. The third-order valence-electron chi connectivity index (χ3n) is 3.49. The second-order valence-corrected chi connectivity index (χ2v) is 6.93. The molecule has 2 aromatic rings. The first-order valence-corrected chi connectivity index (χ1v) is 9.71. The number of ether oxygens (including phenoxy) is 1. The first-order valence-electron chi connectivity index (χ1n) is 8.72. The number of nitrogens with zero attached hydrogens (tertiary/aromatic N) is 3. The summed E-state index contributed by atoms with van der Waals surface area (Å²) in [7, 11) is 0. The number of rotatable bonds is 11. The zero-order valence-corrected chi connectivity index (χ0v) is 16.2. The van der Waals surface area contributed by atoms with E-state index in [1.54, 1.807) is 6.08 Å². The molecule has 0 fully saturated rings. The van der Waals surface area contributed by atoms with E-state index < -0.39 is 0 Å². The summed E-state index contributed by atoms with van der Waals surface area (Å²) in [6.07, 6.45) is 2.82. The molecular formula is C19H26N4O2S. The van der Waals surface area contributed by atoms with Gasteiger partial charge in [0, 0.05) is 25.3 Å². The lowest BCUT2D eigenvalue weighted by atomic mass is 10.2. The fraction of sp³-hybridized carbons (Fsp3) is 0.421. The minimum absolute atomic E-state index is 0.0195. The molecule has 140 valence electrons. The van der Waals surface area contributed by atoms with Gasteiger partial charge < -0.3 is 10.1 Å². The smallest absolute Gasteiger partial charge is 0.230 e. The van der Waals surface area contributed by atoms with Crippen molar-refractivity contribution >= 4 is 17.7 Å². The molecule has 0 radical (unpaired) electrons. The predicted octanol–water partition coefficient (Wildman–Crippen LogP) is 3.15. The Balaban J connectivity index is 1.88. The lowest BCUT2D eigenvalue weighted by Gasteiger charge is -2.09. The van der Waals surface area contributed by atoms with E-state index in [1.807, 2.05) is 48.7 Å². The van der Waals surface area contributed by atoms with Crippen LogP contribution in [-0.4, -0.2) is 45.7 Å². The zero-order chi connectivity index (χ0) is 18.8. The maximum atomic E-state index is 12.0. The lowest BCUT2D eigenvalue weighted by molar-refractivity contribution is -0.118. The van der Waals surface area contributed by atoms with Crippen molar-refractivity contribution in [2.75, 3.05) is 18.9 Å². The van der Waals surface area contributed by atoms with Gasteiger partial charge in [-0.25, -0.2) is 0 Å². The maximum absolute atomic E-state index is 12.0. The fourth-order valence-electron chi connectivity index (χ4n) is 2.29. The third kappa shape index (κ3) is 6.31. The summed E-state index contributed by atoms with van der Waals surface area (Å²) >= 11 is 1.38. The van der Waals surface area contributed by atoms with Gasteiger partial charge in [0.2, 0.25) is 5.91 Å². The molecule has 0 atom stereocenters. The van der Waals surface area contributed by atoms with Crippen LogP contribution >= 0.6 is 11.8 Å². The van der Waals surface area contributed by atoms with Crippen molar-refractivity contribution in [2.24, 2.45) is 0 Å². The van der Waals surface area contributed by atoms with E-state index in [-0.39, 0.29) is 12.0 Å². The third-order valence-corrected chi connectivity index (χ3v) is 4.45. The van der Waals surface area contributed by atoms with E-state index in [4.69, 9.17) is 4.74 Å². The highest BCUT2D eigenvalue weighted by atomic mass is 32.2. The van der Waals surface area contributed by atoms with Gasteiger partial charge in [0.05, 0.1) is 11.9 Å². The molecule has 7 heteroatoms. The van der Waals surface area contributed by atoms with Crippen LogP contribution in [0.25, 0.3) is 11.4 Å². The van der Waals surface area contributed by atoms with Crippen molar-refractivity contribution in [3.05, 3.63) is 43.0 Å². The van der Waals surface area contributed by atoms with Gasteiger partial charge in [0.1, 0.15) is 0 Å². The van der Waals surface area contributed by atoms with Gasteiger partial charge in [-0.15, -0.1) is 16.8 Å². The summed E-state index contributed by atoms with van der Waals surface area (Å²) in [4.78, 5) is 12.0. The molecule has 6 nitrogen and oxygen atoms in total. The first-order chi connectivity index (χ1) is 12.6. The highest BCUT2D eigenvalue weighted by Crippen LogP contribution is 2.23. The number of amides is 1. The van der Waals surface area contributed by atoms with Crippen LogP contribution < -0.4 is 5.32 Å². The monoisotopic (exact) mass is 374 g/mol. The Hall–Kier alpha value is -2.12. The van der Waals surface area contributed by atoms with E-state index >= 15 is 0 Å². The Morgan fingerprint density at radius 1 is 1.35 bits per heavy atom. The molecule has 1 amide bonds. The summed E-state index contributed by atoms with van der Waals surface area (Å²) in [5.74, 6) is 1.06. The van der Waals surface area contributed by atoms with Crippen LogP contribution in [0.5, 0.6) is 0 Å². The van der Waals surface area contributed by atoms with Gasteiger partial charge in [0.15, 0.2) is 11.0 Å². The van der Waals surface area contributed by atoms with Crippen molar-refractivity contribution in [3.63, 3.8) is 0 Å². The molecule has 26 heavy (non-hydrogen) atoms. The molecule has 1 aromatic carbocycles. The number of allylic oxidation sites excluding steroid dienone is 1. The van der Waals surface area contributed by atoms with Crippen molar-refractivity contribution in [3.8, 4) is 11.4 Å². The fourth-order valence-corrected chi connectivity index (χ4v) is 3.07. The van der Waals surface area contributed by atoms with Gasteiger partial charge >= 0.3 is 0 Å². The van der Waals surface area contributed by atoms with Crippen molar-refractivity contribution in [1.29, 1.82) is 0 Å². The van der Waals surface area contributed by atoms with Gasteiger partial charge in [-0.2, -0.15) is 0 Å². The lowest BCUT2D eigenvalue weighted by Crippen LogP contribution is -2.27. The second kappa shape index (κ2) is 10.8. The van der Waals surface area contributed by atoms with Crippen LogP contribution in [-0.2, 0) is 16.1 Å². The SMILES string of the molecule is C=CCn1c(SCC(=O)NCCCOC(C)C)nnc1-c1ccccc1. The predicted molar refractivity (Wildman–Crippen MR) is 105 cm³/mol. The molecule has 2 rings (SSSR count). The largest absolute Gasteiger partial charge is 0.379 e. The Labute approximate surface area is 159 Å². The van der Waals surface area contributed by atoms with E-state index in [1.165, 1.54) is 11.8 Å². The van der Waals surface area contributed by atoms with Crippen molar-refractivity contribution in [1.82, 2.24) is 20.1 Å². The summed E-state index contributed by atoms with van der Waals surface area (Å²) in [6, 6.07) is 9.87. The molecule has 0 aliphatic carbocycles. The quantitative estimate of drug-likeness (QED) is 0.372. The molecule has 1 N–H and O–H groups in total. The topological polar surface area (TPSA) is 69.0 Å². The average Bonchev–Trinajstić information content (AvgIpc) is 3.03. The van der Waals surface area contributed by atoms with E-state index in [2.05, 4.69) is 22.1 Å². The molecule has 0 saturated heterocycles. The average molecular weight is 375 g/mol. The van der Waals surface area contributed by atoms with Crippen LogP contribution in [0.4, 0.5) is 0 Å². The van der Waals surface area contributed by atoms with E-state index in [0.29, 0.717) is 30.6 Å². The molecule has 0 unspecified atom stereocenters. The standard InChI is InChI=1S/C19H26N4O2S/c1-4-12-23-18(16-9-6-5-7-10-16)21-22-19(23)26-14-17(24)20-11-8-13-25-15(2)3/h4-7,9-10,15H,1,8,11-14H2,2-3H3,(H,20,24). The van der Waals surface area contributed by atoms with Crippen molar-refractivity contribution < 1.29 is 9.53 Å². The summed E-state index contributed by atoms with van der Waals surface area (Å²) < 4.78 is 7.42. The summed E-state index contributed by atoms with van der Waals surface area (Å²) in [6.45, 7) is 9.65. The molecule has 0 bridgehead atoms. The van der Waals surface area contributed by atoms with E-state index in [9.17, 15) is 4.79 Å². The zero-order valence-electron chi connectivity index (χ0n) is 15.4. The van der Waals surface area contributed by atoms with Gasteiger partial charge in [-0.05, 0) is 20.3 Å². The number of benzene rings is 1. The number of carbonyl (C=O) groups is 1. The second-order valence-electron chi connectivity index (χ2n) is 5.98. The number of nitrogens with one attached hydrogen (secondary N) is 1. The van der Waals surface area contributed by atoms with E-state index in [0.717, 1.165) is 17.8 Å². The Morgan fingerprint density at radius 3 is 2.81 bits per heavy atom. The Kier molecular flexibility index (Phi) is 8.37. The Morgan fingerprint density at radius 2 is 2.12 bits per heavy atom. The highest BCUT2D eigenvalue weighted by molar-refractivity contribution is 7.99. The van der Waals surface area contributed by atoms with Crippen LogP contribution in [0.15, 0.2) is 48.1 Å².